The lowest BCUT2D eigenvalue weighted by atomic mass is 9.63. The second-order valence-corrected chi connectivity index (χ2v) is 18.8. The molecular formula is C44H63ClN4O5S. The van der Waals surface area contributed by atoms with Gasteiger partial charge in [0, 0.05) is 74.7 Å². The number of nitrogens with zero attached hydrogens (tertiary/aromatic N) is 3. The number of methoxy groups -OCH3 is 1. The van der Waals surface area contributed by atoms with Gasteiger partial charge in [0.1, 0.15) is 11.4 Å². The molecule has 1 amide bonds. The van der Waals surface area contributed by atoms with Crippen molar-refractivity contribution in [2.75, 3.05) is 90.9 Å². The van der Waals surface area contributed by atoms with E-state index in [1.807, 2.05) is 25.3 Å². The van der Waals surface area contributed by atoms with E-state index in [0.29, 0.717) is 49.2 Å². The van der Waals surface area contributed by atoms with E-state index in [1.165, 1.54) is 11.1 Å². The number of aryl methyl sites for hydroxylation is 1. The van der Waals surface area contributed by atoms with E-state index < -0.39 is 16.3 Å². The normalized spacial score (nSPS) is 32.3. The van der Waals surface area contributed by atoms with Gasteiger partial charge in [-0.2, -0.15) is 0 Å². The molecular weight excluding hydrogens is 732 g/mol. The summed E-state index contributed by atoms with van der Waals surface area (Å²) in [5.74, 6) is 6.44. The molecule has 2 bridgehead atoms. The molecule has 2 aromatic rings. The molecule has 7 atom stereocenters. The molecule has 9 nitrogen and oxygen atoms in total. The Labute approximate surface area is 337 Å². The van der Waals surface area contributed by atoms with Crippen molar-refractivity contribution in [2.24, 2.45) is 17.8 Å². The predicted molar refractivity (Wildman–Crippen MR) is 226 cm³/mol. The fraction of sp³-hybridized carbons (Fsp3) is 0.636. The minimum atomic E-state index is -0.556. The molecule has 4 heterocycles. The van der Waals surface area contributed by atoms with Crippen LogP contribution in [0.2, 0.25) is 5.02 Å². The topological polar surface area (TPSA) is 75.7 Å². The third-order valence-electron chi connectivity index (χ3n) is 13.2. The van der Waals surface area contributed by atoms with Crippen LogP contribution in [0.1, 0.15) is 73.9 Å². The van der Waals surface area contributed by atoms with Gasteiger partial charge in [0.2, 0.25) is 0 Å². The molecule has 1 saturated carbocycles. The first-order valence-corrected chi connectivity index (χ1v) is 22.5. The molecule has 3 fully saturated rings. The van der Waals surface area contributed by atoms with Crippen LogP contribution in [0.5, 0.6) is 5.75 Å². The molecule has 7 rings (SSSR count). The molecule has 5 aliphatic rings. The largest absolute Gasteiger partial charge is 0.491 e. The van der Waals surface area contributed by atoms with Crippen molar-refractivity contribution >= 4 is 39.7 Å². The van der Waals surface area contributed by atoms with Crippen molar-refractivity contribution in [2.45, 2.75) is 75.7 Å². The molecule has 302 valence electrons. The number of nitrogens with one attached hydrogen (secondary N) is 1. The summed E-state index contributed by atoms with van der Waals surface area (Å²) in [6.45, 7) is 16.6. The van der Waals surface area contributed by atoms with E-state index in [4.69, 9.17) is 30.5 Å². The maximum Gasteiger partial charge on any atom is 0.260 e. The summed E-state index contributed by atoms with van der Waals surface area (Å²) >= 11 is 6.54. The average molecular weight is 796 g/mol. The van der Waals surface area contributed by atoms with Crippen molar-refractivity contribution in [1.82, 2.24) is 14.5 Å². The zero-order valence-corrected chi connectivity index (χ0v) is 35.1. The molecule has 0 spiro atoms. The molecule has 11 heteroatoms. The van der Waals surface area contributed by atoms with E-state index in [9.17, 15) is 4.79 Å². The Bertz CT molecular complexity index is 1680. The summed E-state index contributed by atoms with van der Waals surface area (Å²) < 4.78 is 28.4. The summed E-state index contributed by atoms with van der Waals surface area (Å²) in [4.78, 5) is 21.5. The SMILES string of the molecule is C=S1NC(=O)c2ccc3c(c2)N(CC(c2ccc(Cl)cc2CCC)CO3)CC2CCC2C(CN2CCN(C3COCCOC3)CC2)(OC)/C=C/CC(C)C1C. The number of rotatable bonds is 7. The van der Waals surface area contributed by atoms with Gasteiger partial charge in [-0.05, 0) is 84.9 Å². The highest BCUT2D eigenvalue weighted by Gasteiger charge is 2.48. The van der Waals surface area contributed by atoms with Crippen molar-refractivity contribution < 1.29 is 23.7 Å². The fourth-order valence-corrected chi connectivity index (χ4v) is 10.8. The van der Waals surface area contributed by atoms with Gasteiger partial charge in [-0.15, -0.1) is 0 Å². The lowest BCUT2D eigenvalue weighted by molar-refractivity contribution is -0.0973. The molecule has 7 unspecified atom stereocenters. The van der Waals surface area contributed by atoms with Crippen molar-refractivity contribution in [3.63, 3.8) is 0 Å². The number of allylic oxidation sites excluding steroid dienone is 1. The van der Waals surface area contributed by atoms with Gasteiger partial charge in [0.05, 0.1) is 44.8 Å². The third kappa shape index (κ3) is 9.32. The van der Waals surface area contributed by atoms with Gasteiger partial charge in [0.25, 0.3) is 5.91 Å². The standard InChI is InChI=1S/C44H63ClN4O5S/c1-6-8-33-23-37(45)12-13-39(33)36-26-49-25-35-10-14-40(35)44(51-4,30-47-17-19-48(20-18-47)38-28-52-21-22-53-29-38)16-7-9-31(2)32(3)55(5)46-43(50)34-11-15-42(54-27-36)41(49)24-34/h7,11-13,15-16,23-24,31-32,35-36,38,40H,5-6,8-10,14,17-22,25-30H2,1-4H3,(H,46,50)/b16-7+. The highest BCUT2D eigenvalue weighted by Crippen LogP contribution is 2.47. The summed E-state index contributed by atoms with van der Waals surface area (Å²) in [5.41, 5.74) is 3.81. The molecule has 0 aromatic heterocycles. The van der Waals surface area contributed by atoms with Crippen LogP contribution >= 0.6 is 22.3 Å². The minimum absolute atomic E-state index is 0.0781. The number of halogens is 1. The van der Waals surface area contributed by atoms with Gasteiger partial charge in [0.15, 0.2) is 0 Å². The molecule has 55 heavy (non-hydrogen) atoms. The van der Waals surface area contributed by atoms with E-state index in [2.05, 4.69) is 76.4 Å². The summed E-state index contributed by atoms with van der Waals surface area (Å²) in [6, 6.07) is 12.6. The fourth-order valence-electron chi connectivity index (χ4n) is 9.42. The lowest BCUT2D eigenvalue weighted by Gasteiger charge is -2.52. The maximum atomic E-state index is 13.8. The van der Waals surface area contributed by atoms with Crippen LogP contribution in [0.4, 0.5) is 5.69 Å². The molecule has 1 aliphatic carbocycles. The number of hydrogen-bond donors (Lipinski definition) is 1. The minimum Gasteiger partial charge on any atom is -0.491 e. The number of carbonyl (C=O) groups is 1. The highest BCUT2D eigenvalue weighted by molar-refractivity contribution is 8.13. The Balaban J connectivity index is 1.20. The zero-order chi connectivity index (χ0) is 38.5. The van der Waals surface area contributed by atoms with Crippen LogP contribution in [0.25, 0.3) is 0 Å². The summed E-state index contributed by atoms with van der Waals surface area (Å²) in [5, 5.41) is 0.979. The average Bonchev–Trinajstić information content (AvgIpc) is 3.56. The predicted octanol–water partition coefficient (Wildman–Crippen LogP) is 7.05. The zero-order valence-electron chi connectivity index (χ0n) is 33.5. The van der Waals surface area contributed by atoms with Gasteiger partial charge in [-0.3, -0.25) is 14.6 Å². The first-order chi connectivity index (χ1) is 26.7. The lowest BCUT2D eigenvalue weighted by Crippen LogP contribution is -2.60. The Morgan fingerprint density at radius 1 is 1.02 bits per heavy atom. The number of fused-ring (bicyclic) bond motifs is 2. The van der Waals surface area contributed by atoms with Gasteiger partial charge >= 0.3 is 0 Å². The molecule has 0 radical (unpaired) electrons. The smallest absolute Gasteiger partial charge is 0.260 e. The summed E-state index contributed by atoms with van der Waals surface area (Å²) in [6.07, 6.45) is 9.96. The van der Waals surface area contributed by atoms with Crippen LogP contribution in [0, 0.1) is 17.8 Å². The second-order valence-electron chi connectivity index (χ2n) is 16.6. The van der Waals surface area contributed by atoms with Crippen LogP contribution in [0.15, 0.2) is 48.6 Å². The first-order valence-electron chi connectivity index (χ1n) is 20.7. The Hall–Kier alpha value is -2.44. The third-order valence-corrected chi connectivity index (χ3v) is 15.2. The number of carbonyl (C=O) groups excluding carboxylic acids is 1. The Kier molecular flexibility index (Phi) is 13.7. The van der Waals surface area contributed by atoms with E-state index in [-0.39, 0.29) is 17.1 Å². The Morgan fingerprint density at radius 2 is 1.80 bits per heavy atom. The monoisotopic (exact) mass is 794 g/mol. The highest BCUT2D eigenvalue weighted by atomic mass is 35.5. The van der Waals surface area contributed by atoms with E-state index >= 15 is 0 Å². The van der Waals surface area contributed by atoms with Crippen LogP contribution < -0.4 is 14.4 Å². The van der Waals surface area contributed by atoms with E-state index in [1.54, 1.807) is 0 Å². The quantitative estimate of drug-likeness (QED) is 0.236. The maximum absolute atomic E-state index is 13.8. The van der Waals surface area contributed by atoms with Crippen LogP contribution in [0.3, 0.4) is 0 Å². The first kappa shape index (κ1) is 40.7. The van der Waals surface area contributed by atoms with Crippen molar-refractivity contribution in [1.29, 1.82) is 0 Å². The second kappa shape index (κ2) is 18.4. The van der Waals surface area contributed by atoms with Crippen molar-refractivity contribution in [3.8, 4) is 5.75 Å². The number of piperazine rings is 1. The van der Waals surface area contributed by atoms with Gasteiger partial charge < -0.3 is 28.6 Å². The van der Waals surface area contributed by atoms with Gasteiger partial charge in [-0.25, -0.2) is 0 Å². The molecule has 1 N–H and O–H groups in total. The number of amides is 1. The van der Waals surface area contributed by atoms with Crippen LogP contribution in [-0.4, -0.2) is 124 Å². The number of ether oxygens (including phenoxy) is 4. The molecule has 2 aromatic carbocycles. The summed E-state index contributed by atoms with van der Waals surface area (Å²) in [7, 11) is 1.37. The number of benzene rings is 2. The number of hydrogen-bond acceptors (Lipinski definition) is 8. The Morgan fingerprint density at radius 3 is 2.51 bits per heavy atom. The van der Waals surface area contributed by atoms with Gasteiger partial charge in [-0.1, -0.05) is 73.6 Å². The van der Waals surface area contributed by atoms with Crippen molar-refractivity contribution in [3.05, 3.63) is 70.3 Å². The molecule has 2 saturated heterocycles. The van der Waals surface area contributed by atoms with E-state index in [0.717, 1.165) is 108 Å². The molecule has 4 aliphatic heterocycles. The van der Waals surface area contributed by atoms with Crippen LogP contribution in [-0.2, 0) is 20.6 Å². The number of anilines is 1.